The van der Waals surface area contributed by atoms with Crippen LogP contribution in [0, 0.1) is 5.92 Å². The molecule has 0 saturated carbocycles. The normalized spacial score (nSPS) is 13.0. The predicted molar refractivity (Wildman–Crippen MR) is 66.4 cm³/mol. The van der Waals surface area contributed by atoms with Crippen molar-refractivity contribution < 1.29 is 4.74 Å². The smallest absolute Gasteiger partial charge is 0.0514 e. The van der Waals surface area contributed by atoms with Crippen molar-refractivity contribution >= 4 is 27.3 Å². The first-order valence-corrected chi connectivity index (χ1v) is 7.03. The average molecular weight is 277 g/mol. The molecule has 0 aromatic carbocycles. The molecule has 1 rings (SSSR count). The summed E-state index contributed by atoms with van der Waals surface area (Å²) in [6, 6.07) is 4.25. The summed E-state index contributed by atoms with van der Waals surface area (Å²) in [5, 5.41) is 3.16. The molecule has 0 N–H and O–H groups in total. The van der Waals surface area contributed by atoms with Gasteiger partial charge >= 0.3 is 0 Å². The molecular formula is C11H17BrOS. The monoisotopic (exact) mass is 276 g/mol. The summed E-state index contributed by atoms with van der Waals surface area (Å²) >= 11 is 5.29. The van der Waals surface area contributed by atoms with E-state index in [-0.39, 0.29) is 0 Å². The summed E-state index contributed by atoms with van der Waals surface area (Å²) in [6.07, 6.45) is 2.24. The average Bonchev–Trinajstić information content (AvgIpc) is 2.71. The Bertz CT molecular complexity index is 219. The Hall–Kier alpha value is 0.140. The van der Waals surface area contributed by atoms with Crippen LogP contribution < -0.4 is 0 Å². The second-order valence-corrected chi connectivity index (χ2v) is 5.01. The molecule has 0 saturated heterocycles. The Morgan fingerprint density at radius 2 is 2.43 bits per heavy atom. The standard InChI is InChI=1S/C11H17BrOS/c1-2-10(8-12)9-13-6-5-11-4-3-7-14-11/h3-4,7,10H,2,5-6,8-9H2,1H3. The summed E-state index contributed by atoms with van der Waals surface area (Å²) < 4.78 is 5.63. The molecule has 80 valence electrons. The minimum Gasteiger partial charge on any atom is -0.381 e. The second-order valence-electron chi connectivity index (χ2n) is 3.33. The molecule has 1 nitrogen and oxygen atoms in total. The minimum absolute atomic E-state index is 0.665. The van der Waals surface area contributed by atoms with Crippen molar-refractivity contribution in [3.63, 3.8) is 0 Å². The minimum atomic E-state index is 0.665. The van der Waals surface area contributed by atoms with Crippen LogP contribution in [0.3, 0.4) is 0 Å². The first-order chi connectivity index (χ1) is 6.86. The lowest BCUT2D eigenvalue weighted by molar-refractivity contribution is 0.108. The van der Waals surface area contributed by atoms with Gasteiger partial charge in [-0.15, -0.1) is 11.3 Å². The van der Waals surface area contributed by atoms with Crippen molar-refractivity contribution in [3.8, 4) is 0 Å². The molecule has 0 aliphatic heterocycles. The molecule has 1 unspecified atom stereocenters. The fourth-order valence-electron chi connectivity index (χ4n) is 1.15. The highest BCUT2D eigenvalue weighted by Crippen LogP contribution is 2.10. The summed E-state index contributed by atoms with van der Waals surface area (Å²) in [4.78, 5) is 1.41. The maximum atomic E-state index is 5.63. The van der Waals surface area contributed by atoms with Gasteiger partial charge in [0, 0.05) is 16.6 Å². The van der Waals surface area contributed by atoms with Crippen molar-refractivity contribution in [1.29, 1.82) is 0 Å². The molecule has 0 spiro atoms. The van der Waals surface area contributed by atoms with E-state index in [1.165, 1.54) is 11.3 Å². The number of hydrogen-bond donors (Lipinski definition) is 0. The number of rotatable bonds is 7. The van der Waals surface area contributed by atoms with Crippen LogP contribution in [0.5, 0.6) is 0 Å². The van der Waals surface area contributed by atoms with Gasteiger partial charge in [0.1, 0.15) is 0 Å². The van der Waals surface area contributed by atoms with Crippen LogP contribution in [0.1, 0.15) is 18.2 Å². The van der Waals surface area contributed by atoms with Gasteiger partial charge in [-0.25, -0.2) is 0 Å². The zero-order chi connectivity index (χ0) is 10.2. The lowest BCUT2D eigenvalue weighted by atomic mass is 10.1. The van der Waals surface area contributed by atoms with E-state index in [1.807, 2.05) is 0 Å². The maximum Gasteiger partial charge on any atom is 0.0514 e. The van der Waals surface area contributed by atoms with Crippen molar-refractivity contribution in [2.45, 2.75) is 19.8 Å². The van der Waals surface area contributed by atoms with Crippen LogP contribution >= 0.6 is 27.3 Å². The third-order valence-corrected chi connectivity index (χ3v) is 4.07. The molecule has 0 aliphatic carbocycles. The van der Waals surface area contributed by atoms with E-state index in [4.69, 9.17) is 4.74 Å². The Kier molecular flexibility index (Phi) is 6.48. The van der Waals surface area contributed by atoms with Gasteiger partial charge in [-0.1, -0.05) is 35.3 Å². The van der Waals surface area contributed by atoms with Crippen molar-refractivity contribution in [2.75, 3.05) is 18.5 Å². The number of halogens is 1. The quantitative estimate of drug-likeness (QED) is 0.545. The molecule has 14 heavy (non-hydrogen) atoms. The molecule has 0 bridgehead atoms. The molecule has 0 aliphatic rings. The Labute approximate surface area is 98.6 Å². The topological polar surface area (TPSA) is 9.23 Å². The van der Waals surface area contributed by atoms with Gasteiger partial charge in [-0.05, 0) is 17.4 Å². The molecule has 0 fully saturated rings. The van der Waals surface area contributed by atoms with Crippen molar-refractivity contribution in [2.24, 2.45) is 5.92 Å². The van der Waals surface area contributed by atoms with Crippen LogP contribution in [0.2, 0.25) is 0 Å². The molecular weight excluding hydrogens is 260 g/mol. The maximum absolute atomic E-state index is 5.63. The van der Waals surface area contributed by atoms with Crippen LogP contribution in [0.15, 0.2) is 17.5 Å². The van der Waals surface area contributed by atoms with E-state index in [2.05, 4.69) is 40.4 Å². The highest BCUT2D eigenvalue weighted by Gasteiger charge is 2.03. The fraction of sp³-hybridized carbons (Fsp3) is 0.636. The summed E-state index contributed by atoms with van der Waals surface area (Å²) in [7, 11) is 0. The zero-order valence-corrected chi connectivity index (χ0v) is 10.9. The van der Waals surface area contributed by atoms with Gasteiger partial charge in [-0.3, -0.25) is 0 Å². The molecule has 0 amide bonds. The number of alkyl halides is 1. The predicted octanol–water partition coefficient (Wildman–Crippen LogP) is 3.73. The number of ether oxygens (including phenoxy) is 1. The van der Waals surface area contributed by atoms with Gasteiger partial charge in [0.15, 0.2) is 0 Å². The lowest BCUT2D eigenvalue weighted by Gasteiger charge is -2.11. The SMILES string of the molecule is CCC(CBr)COCCc1cccs1. The summed E-state index contributed by atoms with van der Waals surface area (Å²) in [5.41, 5.74) is 0. The highest BCUT2D eigenvalue weighted by atomic mass is 79.9. The number of thiophene rings is 1. The molecule has 1 aromatic rings. The third-order valence-electron chi connectivity index (χ3n) is 2.22. The van der Waals surface area contributed by atoms with Gasteiger partial charge in [0.2, 0.25) is 0 Å². The van der Waals surface area contributed by atoms with Gasteiger partial charge < -0.3 is 4.74 Å². The molecule has 3 heteroatoms. The largest absolute Gasteiger partial charge is 0.381 e. The number of hydrogen-bond acceptors (Lipinski definition) is 2. The van der Waals surface area contributed by atoms with E-state index in [9.17, 15) is 0 Å². The molecule has 0 radical (unpaired) electrons. The van der Waals surface area contributed by atoms with E-state index < -0.39 is 0 Å². The Balaban J connectivity index is 2.04. The van der Waals surface area contributed by atoms with Crippen LogP contribution in [-0.4, -0.2) is 18.5 Å². The van der Waals surface area contributed by atoms with Gasteiger partial charge in [0.25, 0.3) is 0 Å². The Morgan fingerprint density at radius 3 is 3.00 bits per heavy atom. The van der Waals surface area contributed by atoms with Crippen LogP contribution in [-0.2, 0) is 11.2 Å². The van der Waals surface area contributed by atoms with E-state index in [0.29, 0.717) is 5.92 Å². The van der Waals surface area contributed by atoms with Crippen LogP contribution in [0.4, 0.5) is 0 Å². The molecule has 1 aromatic heterocycles. The lowest BCUT2D eigenvalue weighted by Crippen LogP contribution is -2.11. The fourth-order valence-corrected chi connectivity index (χ4v) is 2.48. The molecule has 1 atom stereocenters. The zero-order valence-electron chi connectivity index (χ0n) is 8.54. The first kappa shape index (κ1) is 12.2. The van der Waals surface area contributed by atoms with E-state index >= 15 is 0 Å². The van der Waals surface area contributed by atoms with Gasteiger partial charge in [-0.2, -0.15) is 0 Å². The van der Waals surface area contributed by atoms with Gasteiger partial charge in [0.05, 0.1) is 13.2 Å². The third kappa shape index (κ3) is 4.58. The summed E-state index contributed by atoms with van der Waals surface area (Å²) in [5.74, 6) is 0.665. The van der Waals surface area contributed by atoms with Crippen molar-refractivity contribution in [3.05, 3.63) is 22.4 Å². The highest BCUT2D eigenvalue weighted by molar-refractivity contribution is 9.09. The van der Waals surface area contributed by atoms with E-state index in [0.717, 1.165) is 25.0 Å². The van der Waals surface area contributed by atoms with E-state index in [1.54, 1.807) is 11.3 Å². The Morgan fingerprint density at radius 1 is 1.57 bits per heavy atom. The first-order valence-electron chi connectivity index (χ1n) is 5.03. The van der Waals surface area contributed by atoms with Crippen LogP contribution in [0.25, 0.3) is 0 Å². The molecule has 1 heterocycles. The second kappa shape index (κ2) is 7.43. The van der Waals surface area contributed by atoms with Crippen molar-refractivity contribution in [1.82, 2.24) is 0 Å². The summed E-state index contributed by atoms with van der Waals surface area (Å²) in [6.45, 7) is 3.94.